The van der Waals surface area contributed by atoms with Gasteiger partial charge in [0.1, 0.15) is 4.83 Å². The van der Waals surface area contributed by atoms with E-state index in [0.717, 1.165) is 15.6 Å². The van der Waals surface area contributed by atoms with Gasteiger partial charge in [-0.05, 0) is 36.6 Å². The maximum Gasteiger partial charge on any atom is 0.324 e. The van der Waals surface area contributed by atoms with E-state index < -0.39 is 4.83 Å². The highest BCUT2D eigenvalue weighted by atomic mass is 79.9. The summed E-state index contributed by atoms with van der Waals surface area (Å²) in [5.41, 5.74) is 2.74. The van der Waals surface area contributed by atoms with Crippen molar-refractivity contribution < 1.29 is 9.53 Å². The number of alkyl halides is 1. The summed E-state index contributed by atoms with van der Waals surface area (Å²) >= 11 is 6.74. The van der Waals surface area contributed by atoms with E-state index in [4.69, 9.17) is 4.74 Å². The van der Waals surface area contributed by atoms with Crippen LogP contribution < -0.4 is 0 Å². The van der Waals surface area contributed by atoms with E-state index in [1.165, 1.54) is 0 Å². The Kier molecular flexibility index (Phi) is 5.40. The maximum absolute atomic E-state index is 11.6. The van der Waals surface area contributed by atoms with Gasteiger partial charge >= 0.3 is 5.97 Å². The topological polar surface area (TPSA) is 26.3 Å². The second kappa shape index (κ2) is 6.36. The minimum Gasteiger partial charge on any atom is -0.465 e. The largest absolute Gasteiger partial charge is 0.465 e. The van der Waals surface area contributed by atoms with E-state index >= 15 is 0 Å². The van der Waals surface area contributed by atoms with Crippen molar-refractivity contribution in [1.82, 2.24) is 0 Å². The Morgan fingerprint density at radius 3 is 2.71 bits per heavy atom. The van der Waals surface area contributed by atoms with Crippen LogP contribution in [0.2, 0.25) is 0 Å². The highest BCUT2D eigenvalue weighted by molar-refractivity contribution is 9.10. The monoisotopic (exact) mass is 360 g/mol. The Hall–Kier alpha value is -0.610. The molecule has 0 saturated carbocycles. The Labute approximate surface area is 118 Å². The number of rotatable bonds is 4. The highest BCUT2D eigenvalue weighted by Gasteiger charge is 2.20. The van der Waals surface area contributed by atoms with E-state index in [9.17, 15) is 4.79 Å². The smallest absolute Gasteiger partial charge is 0.324 e. The molecule has 0 aromatic heterocycles. The van der Waals surface area contributed by atoms with Gasteiger partial charge in [0.25, 0.3) is 0 Å². The lowest BCUT2D eigenvalue weighted by atomic mass is 10.0. The number of ether oxygens (including phenoxy) is 1. The van der Waals surface area contributed by atoms with Gasteiger partial charge < -0.3 is 4.74 Å². The Balaban J connectivity index is 2.89. The van der Waals surface area contributed by atoms with Crippen molar-refractivity contribution in [3.05, 3.63) is 40.4 Å². The summed E-state index contributed by atoms with van der Waals surface area (Å²) in [4.78, 5) is 11.1. The lowest BCUT2D eigenvalue weighted by Gasteiger charge is -2.13. The van der Waals surface area contributed by atoms with Crippen molar-refractivity contribution in [1.29, 1.82) is 0 Å². The second-order valence-electron chi connectivity index (χ2n) is 3.60. The van der Waals surface area contributed by atoms with Crippen molar-refractivity contribution >= 4 is 43.4 Å². The molecule has 0 bridgehead atoms. The fourth-order valence-corrected chi connectivity index (χ4v) is 1.99. The van der Waals surface area contributed by atoms with Crippen molar-refractivity contribution in [3.8, 4) is 0 Å². The van der Waals surface area contributed by atoms with E-state index in [1.54, 1.807) is 6.92 Å². The van der Waals surface area contributed by atoms with Gasteiger partial charge in [0.2, 0.25) is 0 Å². The molecule has 0 aliphatic carbocycles. The first kappa shape index (κ1) is 14.5. The summed E-state index contributed by atoms with van der Waals surface area (Å²) in [6, 6.07) is 5.85. The first-order chi connectivity index (χ1) is 7.97. The first-order valence-corrected chi connectivity index (χ1v) is 6.94. The second-order valence-corrected chi connectivity index (χ2v) is 5.37. The van der Waals surface area contributed by atoms with Crippen LogP contribution in [0.4, 0.5) is 0 Å². The molecule has 0 amide bonds. The first-order valence-electron chi connectivity index (χ1n) is 5.23. The summed E-state index contributed by atoms with van der Waals surface area (Å²) < 4.78 is 5.98. The SMILES string of the molecule is C=C(c1ccc(Br)c(C)c1)C(Br)C(=O)OCC. The third-order valence-electron chi connectivity index (χ3n) is 2.33. The predicted octanol–water partition coefficient (Wildman–Crippen LogP) is 4.10. The fourth-order valence-electron chi connectivity index (χ4n) is 1.35. The Morgan fingerprint density at radius 1 is 1.53 bits per heavy atom. The van der Waals surface area contributed by atoms with Gasteiger partial charge in [-0.25, -0.2) is 0 Å². The molecule has 1 aromatic carbocycles. The quantitative estimate of drug-likeness (QED) is 0.596. The molecule has 92 valence electrons. The number of esters is 1. The number of benzene rings is 1. The molecule has 0 heterocycles. The molecule has 0 N–H and O–H groups in total. The van der Waals surface area contributed by atoms with Crippen LogP contribution in [-0.2, 0) is 9.53 Å². The van der Waals surface area contributed by atoms with Crippen LogP contribution in [-0.4, -0.2) is 17.4 Å². The molecule has 2 nitrogen and oxygen atoms in total. The van der Waals surface area contributed by atoms with Crippen LogP contribution in [0.3, 0.4) is 0 Å². The number of carbonyl (C=O) groups excluding carboxylic acids is 1. The zero-order valence-electron chi connectivity index (χ0n) is 9.80. The van der Waals surface area contributed by atoms with E-state index in [0.29, 0.717) is 12.2 Å². The van der Waals surface area contributed by atoms with Gasteiger partial charge in [-0.15, -0.1) is 0 Å². The third-order valence-corrected chi connectivity index (χ3v) is 4.14. The van der Waals surface area contributed by atoms with Gasteiger partial charge in [0.15, 0.2) is 0 Å². The summed E-state index contributed by atoms with van der Waals surface area (Å²) in [6.07, 6.45) is 0. The summed E-state index contributed by atoms with van der Waals surface area (Å²) in [7, 11) is 0. The molecular weight excluding hydrogens is 348 g/mol. The zero-order chi connectivity index (χ0) is 13.0. The van der Waals surface area contributed by atoms with Crippen LogP contribution in [0.5, 0.6) is 0 Å². The number of hydrogen-bond acceptors (Lipinski definition) is 2. The van der Waals surface area contributed by atoms with Crippen LogP contribution in [0.25, 0.3) is 5.57 Å². The van der Waals surface area contributed by atoms with Crippen molar-refractivity contribution in [2.75, 3.05) is 6.61 Å². The van der Waals surface area contributed by atoms with Crippen LogP contribution in [0, 0.1) is 6.92 Å². The van der Waals surface area contributed by atoms with Crippen molar-refractivity contribution in [2.45, 2.75) is 18.7 Å². The summed E-state index contributed by atoms with van der Waals surface area (Å²) in [6.45, 7) is 8.08. The van der Waals surface area contributed by atoms with E-state index in [-0.39, 0.29) is 5.97 Å². The molecule has 1 rings (SSSR count). The molecule has 4 heteroatoms. The highest BCUT2D eigenvalue weighted by Crippen LogP contribution is 2.26. The van der Waals surface area contributed by atoms with Gasteiger partial charge in [0, 0.05) is 4.47 Å². The van der Waals surface area contributed by atoms with E-state index in [1.807, 2.05) is 25.1 Å². The molecule has 0 saturated heterocycles. The Morgan fingerprint density at radius 2 is 2.18 bits per heavy atom. The molecule has 1 aromatic rings. The molecule has 17 heavy (non-hydrogen) atoms. The lowest BCUT2D eigenvalue weighted by Crippen LogP contribution is -2.18. The van der Waals surface area contributed by atoms with Gasteiger partial charge in [-0.2, -0.15) is 0 Å². The van der Waals surface area contributed by atoms with Crippen LogP contribution >= 0.6 is 31.9 Å². The molecular formula is C13H14Br2O2. The minimum atomic E-state index is -0.497. The molecule has 0 aliphatic heterocycles. The number of hydrogen-bond donors (Lipinski definition) is 0. The third kappa shape index (κ3) is 3.68. The van der Waals surface area contributed by atoms with E-state index in [2.05, 4.69) is 38.4 Å². The predicted molar refractivity (Wildman–Crippen MR) is 77.3 cm³/mol. The summed E-state index contributed by atoms with van der Waals surface area (Å²) in [5.74, 6) is -0.307. The lowest BCUT2D eigenvalue weighted by molar-refractivity contribution is -0.141. The number of carbonyl (C=O) groups is 1. The zero-order valence-corrected chi connectivity index (χ0v) is 13.0. The molecule has 0 aliphatic rings. The van der Waals surface area contributed by atoms with Gasteiger partial charge in [-0.3, -0.25) is 4.79 Å². The number of halogens is 2. The number of aryl methyl sites for hydroxylation is 1. The van der Waals surface area contributed by atoms with Crippen molar-refractivity contribution in [2.24, 2.45) is 0 Å². The van der Waals surface area contributed by atoms with Crippen LogP contribution in [0.15, 0.2) is 29.3 Å². The normalized spacial score (nSPS) is 12.0. The minimum absolute atomic E-state index is 0.307. The molecule has 1 unspecified atom stereocenters. The maximum atomic E-state index is 11.6. The van der Waals surface area contributed by atoms with Gasteiger partial charge in [-0.1, -0.05) is 50.6 Å². The summed E-state index contributed by atoms with van der Waals surface area (Å²) in [5, 5.41) is 0. The average Bonchev–Trinajstić information content (AvgIpc) is 2.31. The molecule has 0 spiro atoms. The standard InChI is InChI=1S/C13H14Br2O2/c1-4-17-13(16)12(15)9(3)10-5-6-11(14)8(2)7-10/h5-7,12H,3-4H2,1-2H3. The van der Waals surface area contributed by atoms with Crippen LogP contribution in [0.1, 0.15) is 18.1 Å². The molecule has 0 radical (unpaired) electrons. The van der Waals surface area contributed by atoms with Gasteiger partial charge in [0.05, 0.1) is 6.61 Å². The fraction of sp³-hybridized carbons (Fsp3) is 0.308. The average molecular weight is 362 g/mol. The molecule has 1 atom stereocenters. The molecule has 0 fully saturated rings. The Bertz CT molecular complexity index is 441. The van der Waals surface area contributed by atoms with Crippen molar-refractivity contribution in [3.63, 3.8) is 0 Å².